The van der Waals surface area contributed by atoms with Gasteiger partial charge in [0.25, 0.3) is 5.56 Å². The van der Waals surface area contributed by atoms with Crippen LogP contribution in [0.2, 0.25) is 0 Å². The summed E-state index contributed by atoms with van der Waals surface area (Å²) >= 11 is 0. The molecule has 1 aliphatic rings. The molecule has 6 aromatic rings. The second-order valence-electron chi connectivity index (χ2n) is 10.4. The van der Waals surface area contributed by atoms with Crippen molar-refractivity contribution in [3.63, 3.8) is 0 Å². The van der Waals surface area contributed by atoms with Crippen LogP contribution in [0.5, 0.6) is 0 Å². The summed E-state index contributed by atoms with van der Waals surface area (Å²) in [4.78, 5) is 27.4. The molecule has 7 rings (SSSR count). The number of aryl methyl sites for hydroxylation is 1. The average molecular weight is 550 g/mol. The molecule has 6 heteroatoms. The lowest BCUT2D eigenvalue weighted by Crippen LogP contribution is -2.25. The zero-order valence-electron chi connectivity index (χ0n) is 22.7. The van der Waals surface area contributed by atoms with Crippen LogP contribution in [0.4, 0.5) is 11.4 Å². The van der Waals surface area contributed by atoms with Gasteiger partial charge in [0, 0.05) is 23.0 Å². The van der Waals surface area contributed by atoms with E-state index in [0.29, 0.717) is 5.69 Å². The van der Waals surface area contributed by atoms with Crippen molar-refractivity contribution in [3.8, 4) is 5.69 Å². The summed E-state index contributed by atoms with van der Waals surface area (Å²) in [5, 5.41) is 17.3. The number of nitrogens with zero attached hydrogens (tertiary/aromatic N) is 2. The van der Waals surface area contributed by atoms with E-state index in [1.54, 1.807) is 30.3 Å². The molecular formula is C36H27N3O3. The zero-order chi connectivity index (χ0) is 28.6. The first-order valence-electron chi connectivity index (χ1n) is 14.0. The molecule has 2 heterocycles. The minimum Gasteiger partial charge on any atom is -0.477 e. The molecule has 0 bridgehead atoms. The number of nitrogens with one attached hydrogen (secondary N) is 1. The predicted molar refractivity (Wildman–Crippen MR) is 169 cm³/mol. The summed E-state index contributed by atoms with van der Waals surface area (Å²) in [6.07, 6.45) is 5.22. The van der Waals surface area contributed by atoms with Crippen LogP contribution in [-0.2, 0) is 6.42 Å². The molecule has 6 nitrogen and oxygen atoms in total. The number of aromatic nitrogens is 2. The number of carboxylic acids is 1. The number of benzene rings is 5. The van der Waals surface area contributed by atoms with Crippen molar-refractivity contribution in [1.82, 2.24) is 9.78 Å². The van der Waals surface area contributed by atoms with E-state index in [1.807, 2.05) is 12.1 Å². The second-order valence-corrected chi connectivity index (χ2v) is 10.4. The van der Waals surface area contributed by atoms with Crippen LogP contribution in [0, 0.1) is 0 Å². The molecule has 5 aromatic carbocycles. The highest BCUT2D eigenvalue weighted by Gasteiger charge is 2.22. The van der Waals surface area contributed by atoms with Crippen molar-refractivity contribution in [2.75, 3.05) is 11.4 Å². The third-order valence-corrected chi connectivity index (χ3v) is 7.87. The number of fused-ring (bicyclic) bond motifs is 3. The third-order valence-electron chi connectivity index (χ3n) is 7.87. The van der Waals surface area contributed by atoms with E-state index >= 15 is 0 Å². The van der Waals surface area contributed by atoms with E-state index in [0.717, 1.165) is 24.9 Å². The Morgan fingerprint density at radius 3 is 2.24 bits per heavy atom. The van der Waals surface area contributed by atoms with E-state index in [2.05, 4.69) is 82.5 Å². The molecule has 0 atom stereocenters. The minimum absolute atomic E-state index is 0.0505. The van der Waals surface area contributed by atoms with E-state index in [4.69, 9.17) is 0 Å². The van der Waals surface area contributed by atoms with Gasteiger partial charge in [-0.3, -0.25) is 9.89 Å². The molecule has 0 saturated carbocycles. The Balaban J connectivity index is 1.27. The molecule has 2 N–H and O–H groups in total. The maximum atomic E-state index is 13.1. The third kappa shape index (κ3) is 4.40. The number of aromatic carboxylic acids is 1. The molecule has 0 unspecified atom stereocenters. The second kappa shape index (κ2) is 10.4. The van der Waals surface area contributed by atoms with Crippen molar-refractivity contribution in [3.05, 3.63) is 142 Å². The van der Waals surface area contributed by atoms with Crippen LogP contribution < -0.4 is 10.5 Å². The number of para-hydroxylation sites is 1. The van der Waals surface area contributed by atoms with Gasteiger partial charge in [-0.25, -0.2) is 9.48 Å². The molecule has 1 aromatic heterocycles. The van der Waals surface area contributed by atoms with E-state index in [1.165, 1.54) is 49.2 Å². The first-order chi connectivity index (χ1) is 20.6. The van der Waals surface area contributed by atoms with Crippen LogP contribution in [-0.4, -0.2) is 27.4 Å². The highest BCUT2D eigenvalue weighted by Crippen LogP contribution is 2.42. The van der Waals surface area contributed by atoms with Crippen LogP contribution in [0.25, 0.3) is 39.4 Å². The minimum atomic E-state index is -1.20. The normalized spacial score (nSPS) is 12.6. The van der Waals surface area contributed by atoms with Gasteiger partial charge in [0.05, 0.1) is 16.9 Å². The number of H-pyrrole nitrogens is 1. The summed E-state index contributed by atoms with van der Waals surface area (Å²) in [5.74, 6) is -1.20. The molecule has 1 aliphatic heterocycles. The maximum Gasteiger partial charge on any atom is 0.354 e. The Morgan fingerprint density at radius 1 is 0.833 bits per heavy atom. The monoisotopic (exact) mass is 549 g/mol. The topological polar surface area (TPSA) is 78.3 Å². The first-order valence-corrected chi connectivity index (χ1v) is 14.0. The molecule has 0 amide bonds. The average Bonchev–Trinajstić information content (AvgIpc) is 3.36. The van der Waals surface area contributed by atoms with Crippen molar-refractivity contribution in [2.45, 2.75) is 12.8 Å². The van der Waals surface area contributed by atoms with Crippen molar-refractivity contribution < 1.29 is 9.90 Å². The van der Waals surface area contributed by atoms with Gasteiger partial charge in [0.2, 0.25) is 0 Å². The number of carbonyl (C=O) groups is 1. The largest absolute Gasteiger partial charge is 0.477 e. The van der Waals surface area contributed by atoms with Crippen molar-refractivity contribution >= 4 is 51.0 Å². The number of anilines is 2. The van der Waals surface area contributed by atoms with Crippen LogP contribution in [0.3, 0.4) is 0 Å². The van der Waals surface area contributed by atoms with Gasteiger partial charge in [-0.15, -0.1) is 5.73 Å². The van der Waals surface area contributed by atoms with Gasteiger partial charge in [-0.2, -0.15) is 0 Å². The fourth-order valence-corrected chi connectivity index (χ4v) is 5.95. The molecule has 0 spiro atoms. The van der Waals surface area contributed by atoms with Gasteiger partial charge in [0.1, 0.15) is 0 Å². The van der Waals surface area contributed by atoms with Crippen LogP contribution in [0.1, 0.15) is 33.6 Å². The number of rotatable bonds is 5. The number of aromatic amines is 1. The molecular weight excluding hydrogens is 522 g/mol. The number of hydrogen-bond acceptors (Lipinski definition) is 3. The Hall–Kier alpha value is -5.58. The highest BCUT2D eigenvalue weighted by atomic mass is 16.4. The van der Waals surface area contributed by atoms with Gasteiger partial charge >= 0.3 is 5.97 Å². The number of hydrogen-bond donors (Lipinski definition) is 2. The smallest absolute Gasteiger partial charge is 0.354 e. The number of carboxylic acid groups (broad SMARTS) is 1. The SMILES string of the molecule is O=C(O)c1[nH]n(-c2ccccc2)c(=O)c1C=C=Cc1ccc2c(c1)CCCN2c1c2ccccc2cc2ccccc12. The van der Waals surface area contributed by atoms with Gasteiger partial charge in [0.15, 0.2) is 5.69 Å². The highest BCUT2D eigenvalue weighted by molar-refractivity contribution is 6.12. The van der Waals surface area contributed by atoms with Crippen molar-refractivity contribution in [2.24, 2.45) is 0 Å². The quantitative estimate of drug-likeness (QED) is 0.172. The zero-order valence-corrected chi connectivity index (χ0v) is 22.7. The Bertz CT molecular complexity index is 2060. The van der Waals surface area contributed by atoms with E-state index in [-0.39, 0.29) is 11.3 Å². The Morgan fingerprint density at radius 2 is 1.52 bits per heavy atom. The summed E-state index contributed by atoms with van der Waals surface area (Å²) in [6.45, 7) is 0.930. The lowest BCUT2D eigenvalue weighted by molar-refractivity contribution is 0.0689. The van der Waals surface area contributed by atoms with Crippen LogP contribution >= 0.6 is 0 Å². The predicted octanol–water partition coefficient (Wildman–Crippen LogP) is 7.58. The molecule has 0 radical (unpaired) electrons. The van der Waals surface area contributed by atoms with Gasteiger partial charge in [-0.05, 0) is 77.2 Å². The Kier molecular flexibility index (Phi) is 6.31. The molecule has 42 heavy (non-hydrogen) atoms. The van der Waals surface area contributed by atoms with Crippen LogP contribution in [0.15, 0.2) is 114 Å². The van der Waals surface area contributed by atoms with E-state index < -0.39 is 11.5 Å². The fourth-order valence-electron chi connectivity index (χ4n) is 5.95. The fraction of sp³-hybridized carbons (Fsp3) is 0.0833. The summed E-state index contributed by atoms with van der Waals surface area (Å²) in [6, 6.07) is 34.6. The summed E-state index contributed by atoms with van der Waals surface area (Å²) < 4.78 is 1.24. The van der Waals surface area contributed by atoms with Gasteiger partial charge in [-0.1, -0.05) is 72.8 Å². The lowest BCUT2D eigenvalue weighted by Gasteiger charge is -2.33. The summed E-state index contributed by atoms with van der Waals surface area (Å²) in [7, 11) is 0. The summed E-state index contributed by atoms with van der Waals surface area (Å²) in [5.41, 5.74) is 7.65. The standard InChI is InChI=1S/C36H27N3O3/c40-35-31(33(36(41)42)37-39(35)28-14-2-1-3-15-28)18-8-10-24-19-20-32-27(22-24)13-9-21-38(32)34-29-16-6-4-11-25(29)23-26-12-5-7-17-30(26)34/h1-7,10-12,14-20,22-23,37H,9,13,21H2,(H,41,42). The lowest BCUT2D eigenvalue weighted by atomic mass is 9.95. The molecule has 204 valence electrons. The Labute approximate surface area is 242 Å². The maximum absolute atomic E-state index is 13.1. The van der Waals surface area contributed by atoms with Crippen molar-refractivity contribution in [1.29, 1.82) is 0 Å². The molecule has 0 saturated heterocycles. The van der Waals surface area contributed by atoms with E-state index in [9.17, 15) is 14.7 Å². The first kappa shape index (κ1) is 25.4. The molecule has 0 fully saturated rings. The molecule has 0 aliphatic carbocycles. The van der Waals surface area contributed by atoms with Gasteiger partial charge < -0.3 is 10.0 Å².